The maximum absolute atomic E-state index is 12.7. The molecule has 3 nitrogen and oxygen atoms in total. The lowest BCUT2D eigenvalue weighted by Crippen LogP contribution is -2.48. The molecule has 118 valence electrons. The molecule has 1 fully saturated rings. The summed E-state index contributed by atoms with van der Waals surface area (Å²) in [6.07, 6.45) is 4.56. The first-order valence-electron chi connectivity index (χ1n) is 7.93. The van der Waals surface area contributed by atoms with E-state index in [2.05, 4.69) is 58.0 Å². The molecule has 1 amide bonds. The molecule has 0 bridgehead atoms. The summed E-state index contributed by atoms with van der Waals surface area (Å²) in [7, 11) is 0. The van der Waals surface area contributed by atoms with E-state index in [4.69, 9.17) is 0 Å². The van der Waals surface area contributed by atoms with Crippen LogP contribution in [-0.4, -0.2) is 40.6 Å². The van der Waals surface area contributed by atoms with Crippen LogP contribution >= 0.6 is 11.8 Å². The van der Waals surface area contributed by atoms with Gasteiger partial charge in [-0.2, -0.15) is 11.8 Å². The van der Waals surface area contributed by atoms with E-state index in [0.717, 1.165) is 19.4 Å². The van der Waals surface area contributed by atoms with E-state index in [1.807, 2.05) is 11.8 Å². The number of carbonyl (C=O) groups is 1. The fourth-order valence-corrected chi connectivity index (χ4v) is 3.85. The average Bonchev–Trinajstić information content (AvgIpc) is 2.74. The molecule has 0 aliphatic carbocycles. The molecule has 2 atom stereocenters. The van der Waals surface area contributed by atoms with Crippen LogP contribution in [-0.2, 0) is 4.79 Å². The van der Waals surface area contributed by atoms with E-state index in [1.54, 1.807) is 0 Å². The lowest BCUT2D eigenvalue weighted by atomic mass is 9.99. The third kappa shape index (κ3) is 3.51. The van der Waals surface area contributed by atoms with Crippen molar-refractivity contribution < 1.29 is 4.79 Å². The van der Waals surface area contributed by atoms with Crippen molar-refractivity contribution in [2.24, 2.45) is 11.8 Å². The SMILES string of the molecule is CCC(CC)(CN1C(=O)C(C(C)C)NC1C(C)C)SC. The molecule has 2 unspecified atom stereocenters. The Morgan fingerprint density at radius 2 is 1.75 bits per heavy atom. The van der Waals surface area contributed by atoms with Crippen molar-refractivity contribution in [3.8, 4) is 0 Å². The molecule has 1 N–H and O–H groups in total. The molecule has 1 aliphatic rings. The summed E-state index contributed by atoms with van der Waals surface area (Å²) < 4.78 is 0.191. The molecule has 0 aromatic heterocycles. The van der Waals surface area contributed by atoms with E-state index in [1.165, 1.54) is 0 Å². The maximum atomic E-state index is 12.7. The van der Waals surface area contributed by atoms with Gasteiger partial charge in [0, 0.05) is 11.3 Å². The summed E-state index contributed by atoms with van der Waals surface area (Å²) in [5, 5.41) is 3.55. The highest BCUT2D eigenvalue weighted by molar-refractivity contribution is 8.00. The van der Waals surface area contributed by atoms with Crippen molar-refractivity contribution in [3.05, 3.63) is 0 Å². The molecule has 4 heteroatoms. The number of amides is 1. The molecule has 0 spiro atoms. The van der Waals surface area contributed by atoms with Gasteiger partial charge >= 0.3 is 0 Å². The summed E-state index contributed by atoms with van der Waals surface area (Å²) in [5.74, 6) is 1.08. The summed E-state index contributed by atoms with van der Waals surface area (Å²) in [4.78, 5) is 14.9. The largest absolute Gasteiger partial charge is 0.324 e. The van der Waals surface area contributed by atoms with Gasteiger partial charge in [0.1, 0.15) is 0 Å². The minimum atomic E-state index is -0.0179. The van der Waals surface area contributed by atoms with Crippen molar-refractivity contribution in [2.45, 2.75) is 71.3 Å². The number of thioether (sulfide) groups is 1. The Morgan fingerprint density at radius 1 is 1.20 bits per heavy atom. The molecule has 0 aromatic carbocycles. The number of nitrogens with zero attached hydrogens (tertiary/aromatic N) is 1. The Hall–Kier alpha value is -0.220. The Bertz CT molecular complexity index is 318. The van der Waals surface area contributed by atoms with Crippen molar-refractivity contribution in [1.82, 2.24) is 10.2 Å². The van der Waals surface area contributed by atoms with E-state index in [9.17, 15) is 4.79 Å². The minimum absolute atomic E-state index is 0.0179. The lowest BCUT2D eigenvalue weighted by molar-refractivity contribution is -0.131. The second-order valence-electron chi connectivity index (χ2n) is 6.64. The summed E-state index contributed by atoms with van der Waals surface area (Å²) in [6, 6.07) is -0.0179. The minimum Gasteiger partial charge on any atom is -0.324 e. The Labute approximate surface area is 129 Å². The second kappa shape index (κ2) is 7.17. The third-order valence-electron chi connectivity index (χ3n) is 4.71. The van der Waals surface area contributed by atoms with Gasteiger partial charge < -0.3 is 4.90 Å². The highest BCUT2D eigenvalue weighted by Gasteiger charge is 2.44. The van der Waals surface area contributed by atoms with Crippen molar-refractivity contribution >= 4 is 17.7 Å². The van der Waals surface area contributed by atoms with E-state index >= 15 is 0 Å². The van der Waals surface area contributed by atoms with Crippen LogP contribution in [0.1, 0.15) is 54.4 Å². The second-order valence-corrected chi connectivity index (χ2v) is 7.91. The molecular formula is C16H32N2OS. The molecule has 20 heavy (non-hydrogen) atoms. The number of hydrogen-bond donors (Lipinski definition) is 1. The predicted molar refractivity (Wildman–Crippen MR) is 88.9 cm³/mol. The van der Waals surface area contributed by atoms with Gasteiger partial charge in [-0.15, -0.1) is 0 Å². The summed E-state index contributed by atoms with van der Waals surface area (Å²) in [5.41, 5.74) is 0. The molecule has 1 rings (SSSR count). The normalized spacial score (nSPS) is 24.2. The molecule has 0 radical (unpaired) electrons. The molecule has 1 saturated heterocycles. The van der Waals surface area contributed by atoms with Gasteiger partial charge in [-0.25, -0.2) is 0 Å². The van der Waals surface area contributed by atoms with Crippen molar-refractivity contribution in [1.29, 1.82) is 0 Å². The molecular weight excluding hydrogens is 268 g/mol. The first-order chi connectivity index (χ1) is 9.31. The fraction of sp³-hybridized carbons (Fsp3) is 0.938. The van der Waals surface area contributed by atoms with Crippen LogP contribution in [0.5, 0.6) is 0 Å². The number of carbonyl (C=O) groups excluding carboxylic acids is 1. The van der Waals surface area contributed by atoms with E-state index in [-0.39, 0.29) is 17.0 Å². The first-order valence-corrected chi connectivity index (χ1v) is 9.16. The summed E-state index contributed by atoms with van der Waals surface area (Å²) in [6.45, 7) is 14.0. The quantitative estimate of drug-likeness (QED) is 0.782. The Balaban J connectivity index is 2.97. The monoisotopic (exact) mass is 300 g/mol. The van der Waals surface area contributed by atoms with Crippen LogP contribution in [0.4, 0.5) is 0 Å². The number of hydrogen-bond acceptors (Lipinski definition) is 3. The highest BCUT2D eigenvalue weighted by Crippen LogP contribution is 2.34. The zero-order valence-electron chi connectivity index (χ0n) is 14.2. The van der Waals surface area contributed by atoms with Crippen LogP contribution in [0.25, 0.3) is 0 Å². The summed E-state index contributed by atoms with van der Waals surface area (Å²) >= 11 is 1.91. The van der Waals surface area contributed by atoms with Crippen molar-refractivity contribution in [3.63, 3.8) is 0 Å². The first kappa shape index (κ1) is 17.8. The van der Waals surface area contributed by atoms with Crippen LogP contribution < -0.4 is 5.32 Å². The van der Waals surface area contributed by atoms with Crippen molar-refractivity contribution in [2.75, 3.05) is 12.8 Å². The average molecular weight is 301 g/mol. The lowest BCUT2D eigenvalue weighted by Gasteiger charge is -2.37. The molecule has 1 aliphatic heterocycles. The zero-order valence-corrected chi connectivity index (χ0v) is 15.0. The van der Waals surface area contributed by atoms with Crippen LogP contribution in [0, 0.1) is 11.8 Å². The van der Waals surface area contributed by atoms with Crippen LogP contribution in [0.2, 0.25) is 0 Å². The van der Waals surface area contributed by atoms with Gasteiger partial charge in [-0.05, 0) is 30.9 Å². The van der Waals surface area contributed by atoms with Gasteiger partial charge in [0.25, 0.3) is 0 Å². The van der Waals surface area contributed by atoms with Gasteiger partial charge in [-0.1, -0.05) is 41.5 Å². The topological polar surface area (TPSA) is 32.3 Å². The van der Waals surface area contributed by atoms with Gasteiger partial charge in [-0.3, -0.25) is 10.1 Å². The van der Waals surface area contributed by atoms with Gasteiger partial charge in [0.15, 0.2) is 0 Å². The van der Waals surface area contributed by atoms with Gasteiger partial charge in [0.2, 0.25) is 5.91 Å². The smallest absolute Gasteiger partial charge is 0.241 e. The molecule has 0 saturated carbocycles. The van der Waals surface area contributed by atoms with E-state index in [0.29, 0.717) is 17.7 Å². The standard InChI is InChI=1S/C16H32N2OS/c1-8-16(9-2,20-7)10-18-14(12(5)6)17-13(11(3)4)15(18)19/h11-14,17H,8-10H2,1-7H3. The molecule has 1 heterocycles. The zero-order chi connectivity index (χ0) is 15.5. The Morgan fingerprint density at radius 3 is 2.10 bits per heavy atom. The van der Waals surface area contributed by atoms with Crippen LogP contribution in [0.15, 0.2) is 0 Å². The Kier molecular flexibility index (Phi) is 6.39. The van der Waals surface area contributed by atoms with Gasteiger partial charge in [0.05, 0.1) is 12.2 Å². The maximum Gasteiger partial charge on any atom is 0.241 e. The third-order valence-corrected chi connectivity index (χ3v) is 6.29. The van der Waals surface area contributed by atoms with Crippen LogP contribution in [0.3, 0.4) is 0 Å². The highest BCUT2D eigenvalue weighted by atomic mass is 32.2. The molecule has 0 aromatic rings. The predicted octanol–water partition coefficient (Wildman–Crippen LogP) is 3.35. The fourth-order valence-electron chi connectivity index (χ4n) is 3.00. The number of nitrogens with one attached hydrogen (secondary N) is 1. The number of rotatable bonds is 7. The van der Waals surface area contributed by atoms with E-state index < -0.39 is 0 Å².